The monoisotopic (exact) mass is 474 g/mol. The third-order valence-corrected chi connectivity index (χ3v) is 5.85. The van der Waals surface area contributed by atoms with E-state index in [1.54, 1.807) is 9.58 Å². The van der Waals surface area contributed by atoms with Crippen molar-refractivity contribution in [2.45, 2.75) is 59.8 Å². The number of aryl methyl sites for hydroxylation is 1. The van der Waals surface area contributed by atoms with Gasteiger partial charge in [-0.2, -0.15) is 5.10 Å². The Morgan fingerprint density at radius 1 is 1.03 bits per heavy atom. The van der Waals surface area contributed by atoms with Gasteiger partial charge in [-0.05, 0) is 42.5 Å². The minimum absolute atomic E-state index is 0.00222. The van der Waals surface area contributed by atoms with Gasteiger partial charge in [0.25, 0.3) is 0 Å². The van der Waals surface area contributed by atoms with E-state index in [2.05, 4.69) is 39.9 Å². The van der Waals surface area contributed by atoms with E-state index in [-0.39, 0.29) is 30.2 Å². The maximum absolute atomic E-state index is 13.2. The Kier molecular flexibility index (Phi) is 8.49. The molecule has 35 heavy (non-hydrogen) atoms. The zero-order valence-electron chi connectivity index (χ0n) is 21.8. The van der Waals surface area contributed by atoms with E-state index < -0.39 is 0 Å². The number of aromatic nitrogens is 2. The van der Waals surface area contributed by atoms with E-state index in [0.717, 1.165) is 28.9 Å². The molecular formula is C29H38N4O2. The summed E-state index contributed by atoms with van der Waals surface area (Å²) >= 11 is 0. The third-order valence-electron chi connectivity index (χ3n) is 5.85. The fourth-order valence-corrected chi connectivity index (χ4v) is 3.74. The normalized spacial score (nSPS) is 11.5. The molecule has 0 aliphatic heterocycles. The van der Waals surface area contributed by atoms with Crippen molar-refractivity contribution in [3.05, 3.63) is 77.5 Å². The summed E-state index contributed by atoms with van der Waals surface area (Å²) in [5.74, 6) is 0.756. The Bertz CT molecular complexity index is 1140. The molecule has 0 saturated carbocycles. The highest BCUT2D eigenvalue weighted by atomic mass is 16.2. The smallest absolute Gasteiger partial charge is 0.245 e. The Labute approximate surface area is 209 Å². The summed E-state index contributed by atoms with van der Waals surface area (Å²) in [6.07, 6.45) is 1.12. The summed E-state index contributed by atoms with van der Waals surface area (Å²) in [6, 6.07) is 19.6. The van der Waals surface area contributed by atoms with Crippen LogP contribution in [0.1, 0.15) is 57.9 Å². The van der Waals surface area contributed by atoms with E-state index in [9.17, 15) is 9.59 Å². The highest BCUT2D eigenvalue weighted by molar-refractivity contribution is 5.94. The molecule has 3 aromatic rings. The number of carbonyl (C=O) groups is 2. The second-order valence-electron chi connectivity index (χ2n) is 10.6. The van der Waals surface area contributed by atoms with Gasteiger partial charge in [-0.1, -0.05) is 77.1 Å². The van der Waals surface area contributed by atoms with Crippen molar-refractivity contribution in [2.75, 3.05) is 18.4 Å². The van der Waals surface area contributed by atoms with Gasteiger partial charge < -0.3 is 10.2 Å². The molecule has 6 nitrogen and oxygen atoms in total. The van der Waals surface area contributed by atoms with Crippen molar-refractivity contribution < 1.29 is 9.59 Å². The third kappa shape index (κ3) is 7.54. The highest BCUT2D eigenvalue weighted by Crippen LogP contribution is 2.26. The van der Waals surface area contributed by atoms with Crippen LogP contribution in [0.4, 0.5) is 5.82 Å². The molecule has 2 amide bonds. The topological polar surface area (TPSA) is 67.2 Å². The van der Waals surface area contributed by atoms with Crippen molar-refractivity contribution in [1.82, 2.24) is 14.7 Å². The molecule has 0 unspecified atom stereocenters. The quantitative estimate of drug-likeness (QED) is 0.443. The number of rotatable bonds is 9. The first kappa shape index (κ1) is 26.2. The Balaban J connectivity index is 1.81. The van der Waals surface area contributed by atoms with Crippen molar-refractivity contribution in [3.8, 4) is 5.69 Å². The fraction of sp³-hybridized carbons (Fsp3) is 0.414. The van der Waals surface area contributed by atoms with Crippen LogP contribution in [-0.2, 0) is 21.4 Å². The van der Waals surface area contributed by atoms with Gasteiger partial charge in [-0.3, -0.25) is 9.59 Å². The number of hydrogen-bond acceptors (Lipinski definition) is 3. The number of carbonyl (C=O) groups excluding carboxylic acids is 2. The molecule has 1 aromatic heterocycles. The van der Waals surface area contributed by atoms with Gasteiger partial charge in [-0.25, -0.2) is 4.68 Å². The molecule has 1 heterocycles. The molecule has 0 spiro atoms. The molecule has 186 valence electrons. The van der Waals surface area contributed by atoms with Crippen LogP contribution in [0.15, 0.2) is 60.7 Å². The van der Waals surface area contributed by atoms with E-state index in [4.69, 9.17) is 5.10 Å². The SMILES string of the molecule is Cc1cccc(-n2nc(C(C)(C)C)cc2NC(=O)CN(CCC(C)C)C(=O)Cc2ccccc2)c1. The first-order valence-electron chi connectivity index (χ1n) is 12.3. The molecular weight excluding hydrogens is 436 g/mol. The Morgan fingerprint density at radius 3 is 2.37 bits per heavy atom. The maximum Gasteiger partial charge on any atom is 0.245 e. The molecule has 2 aromatic carbocycles. The fourth-order valence-electron chi connectivity index (χ4n) is 3.74. The molecule has 0 saturated heterocycles. The van der Waals surface area contributed by atoms with Crippen LogP contribution in [-0.4, -0.2) is 39.6 Å². The van der Waals surface area contributed by atoms with Crippen LogP contribution < -0.4 is 5.32 Å². The van der Waals surface area contributed by atoms with Crippen LogP contribution in [0.2, 0.25) is 0 Å². The summed E-state index contributed by atoms with van der Waals surface area (Å²) in [5, 5.41) is 7.82. The molecule has 0 aliphatic rings. The number of hydrogen-bond donors (Lipinski definition) is 1. The Morgan fingerprint density at radius 2 is 1.74 bits per heavy atom. The standard InChI is InChI=1S/C29H38N4O2/c1-21(2)15-16-32(28(35)18-23-12-8-7-9-13-23)20-27(34)30-26-19-25(29(4,5)6)31-33(26)24-14-10-11-22(3)17-24/h7-14,17,19,21H,15-16,18,20H2,1-6H3,(H,30,34). The van der Waals surface area contributed by atoms with E-state index in [1.807, 2.05) is 67.6 Å². The summed E-state index contributed by atoms with van der Waals surface area (Å²) in [5.41, 5.74) is 3.64. The van der Waals surface area contributed by atoms with Crippen molar-refractivity contribution >= 4 is 17.6 Å². The number of amides is 2. The Hall–Kier alpha value is -3.41. The van der Waals surface area contributed by atoms with Gasteiger partial charge in [0, 0.05) is 18.0 Å². The van der Waals surface area contributed by atoms with Gasteiger partial charge in [0.15, 0.2) is 0 Å². The van der Waals surface area contributed by atoms with E-state index in [1.165, 1.54) is 0 Å². The largest absolute Gasteiger partial charge is 0.333 e. The lowest BCUT2D eigenvalue weighted by Gasteiger charge is -2.23. The van der Waals surface area contributed by atoms with Gasteiger partial charge in [-0.15, -0.1) is 0 Å². The molecule has 0 atom stereocenters. The first-order chi connectivity index (χ1) is 16.5. The van der Waals surface area contributed by atoms with Gasteiger partial charge in [0.05, 0.1) is 24.3 Å². The number of anilines is 1. The zero-order valence-corrected chi connectivity index (χ0v) is 21.8. The molecule has 6 heteroatoms. The molecule has 0 radical (unpaired) electrons. The summed E-state index contributed by atoms with van der Waals surface area (Å²) in [7, 11) is 0. The second-order valence-corrected chi connectivity index (χ2v) is 10.6. The summed E-state index contributed by atoms with van der Waals surface area (Å²) in [4.78, 5) is 28.0. The van der Waals surface area contributed by atoms with E-state index in [0.29, 0.717) is 18.3 Å². The predicted molar refractivity (Wildman–Crippen MR) is 142 cm³/mol. The first-order valence-corrected chi connectivity index (χ1v) is 12.3. The maximum atomic E-state index is 13.2. The van der Waals surface area contributed by atoms with Crippen molar-refractivity contribution in [3.63, 3.8) is 0 Å². The minimum atomic E-state index is -0.232. The van der Waals surface area contributed by atoms with Gasteiger partial charge in [0.2, 0.25) is 11.8 Å². The van der Waals surface area contributed by atoms with E-state index >= 15 is 0 Å². The molecule has 0 bridgehead atoms. The lowest BCUT2D eigenvalue weighted by molar-refractivity contribution is -0.134. The lowest BCUT2D eigenvalue weighted by atomic mass is 9.92. The minimum Gasteiger partial charge on any atom is -0.333 e. The van der Waals surface area contributed by atoms with Gasteiger partial charge >= 0.3 is 0 Å². The number of benzene rings is 2. The van der Waals surface area contributed by atoms with Crippen molar-refractivity contribution in [1.29, 1.82) is 0 Å². The van der Waals surface area contributed by atoms with Crippen LogP contribution >= 0.6 is 0 Å². The van der Waals surface area contributed by atoms with Crippen LogP contribution in [0, 0.1) is 12.8 Å². The summed E-state index contributed by atoms with van der Waals surface area (Å²) in [6.45, 7) is 13.1. The second kappa shape index (κ2) is 11.3. The number of nitrogens with one attached hydrogen (secondary N) is 1. The lowest BCUT2D eigenvalue weighted by Crippen LogP contribution is -2.40. The van der Waals surface area contributed by atoms with Crippen LogP contribution in [0.3, 0.4) is 0 Å². The predicted octanol–water partition coefficient (Wildman–Crippen LogP) is 5.53. The molecule has 0 fully saturated rings. The number of nitrogens with zero attached hydrogens (tertiary/aromatic N) is 3. The van der Waals surface area contributed by atoms with Crippen LogP contribution in [0.25, 0.3) is 5.69 Å². The zero-order chi connectivity index (χ0) is 25.6. The molecule has 1 N–H and O–H groups in total. The average molecular weight is 475 g/mol. The summed E-state index contributed by atoms with van der Waals surface area (Å²) < 4.78 is 1.77. The highest BCUT2D eigenvalue weighted by Gasteiger charge is 2.23. The molecule has 0 aliphatic carbocycles. The van der Waals surface area contributed by atoms with Gasteiger partial charge in [0.1, 0.15) is 5.82 Å². The molecule has 3 rings (SSSR count). The van der Waals surface area contributed by atoms with Crippen molar-refractivity contribution in [2.24, 2.45) is 5.92 Å². The average Bonchev–Trinajstić information content (AvgIpc) is 3.21. The van der Waals surface area contributed by atoms with Crippen LogP contribution in [0.5, 0.6) is 0 Å².